The molecule has 1 aliphatic carbocycles. The van der Waals surface area contributed by atoms with Gasteiger partial charge in [-0.1, -0.05) is 40.2 Å². The zero-order valence-electron chi connectivity index (χ0n) is 8.91. The normalized spacial score (nSPS) is 15.1. The van der Waals surface area contributed by atoms with Crippen molar-refractivity contribution in [2.24, 2.45) is 0 Å². The fourth-order valence-electron chi connectivity index (χ4n) is 1.93. The van der Waals surface area contributed by atoms with Crippen molar-refractivity contribution < 1.29 is 0 Å². The van der Waals surface area contributed by atoms with E-state index in [4.69, 9.17) is 0 Å². The lowest BCUT2D eigenvalue weighted by Crippen LogP contribution is -1.81. The summed E-state index contributed by atoms with van der Waals surface area (Å²) in [5.74, 6) is 0.788. The van der Waals surface area contributed by atoms with E-state index in [0.29, 0.717) is 0 Å². The highest BCUT2D eigenvalue weighted by molar-refractivity contribution is 9.10. The van der Waals surface area contributed by atoms with E-state index < -0.39 is 0 Å². The third kappa shape index (κ3) is 2.05. The molecule has 16 heavy (non-hydrogen) atoms. The number of halogens is 1. The molecule has 0 nitrogen and oxygen atoms in total. The summed E-state index contributed by atoms with van der Waals surface area (Å²) >= 11 is 3.50. The van der Waals surface area contributed by atoms with Crippen LogP contribution < -0.4 is 0 Å². The minimum Gasteiger partial charge on any atom is -0.0605 e. The average molecular weight is 272 g/mol. The highest BCUT2D eigenvalue weighted by Crippen LogP contribution is 2.40. The molecule has 0 aliphatic heterocycles. The number of hydrogen-bond acceptors (Lipinski definition) is 0. The van der Waals surface area contributed by atoms with Gasteiger partial charge in [-0.2, -0.15) is 0 Å². The van der Waals surface area contributed by atoms with Gasteiger partial charge in [0.25, 0.3) is 0 Å². The number of hydrogen-bond donors (Lipinski definition) is 0. The van der Waals surface area contributed by atoms with Crippen LogP contribution in [0.4, 0.5) is 0 Å². The van der Waals surface area contributed by atoms with Gasteiger partial charge in [0, 0.05) is 4.47 Å². The second-order valence-corrected chi connectivity index (χ2v) is 5.23. The van der Waals surface area contributed by atoms with Gasteiger partial charge in [0.05, 0.1) is 0 Å². The second kappa shape index (κ2) is 4.06. The van der Waals surface area contributed by atoms with Crippen molar-refractivity contribution in [1.29, 1.82) is 0 Å². The molecule has 1 fully saturated rings. The minimum absolute atomic E-state index is 0.788. The van der Waals surface area contributed by atoms with Crippen molar-refractivity contribution in [3.63, 3.8) is 0 Å². The largest absolute Gasteiger partial charge is 0.0605 e. The second-order valence-electron chi connectivity index (χ2n) is 4.32. The van der Waals surface area contributed by atoms with Gasteiger partial charge >= 0.3 is 0 Å². The summed E-state index contributed by atoms with van der Waals surface area (Å²) in [5.41, 5.74) is 3.86. The zero-order chi connectivity index (χ0) is 11.0. The van der Waals surface area contributed by atoms with Crippen molar-refractivity contribution in [1.82, 2.24) is 0 Å². The summed E-state index contributed by atoms with van der Waals surface area (Å²) in [6.07, 6.45) is 2.68. The van der Waals surface area contributed by atoms with Crippen LogP contribution in [-0.2, 0) is 0 Å². The van der Waals surface area contributed by atoms with E-state index in [-0.39, 0.29) is 0 Å². The summed E-state index contributed by atoms with van der Waals surface area (Å²) in [7, 11) is 0. The van der Waals surface area contributed by atoms with Gasteiger partial charge in [-0.15, -0.1) is 0 Å². The van der Waals surface area contributed by atoms with Gasteiger partial charge in [-0.05, 0) is 59.7 Å². The molecule has 0 spiro atoms. The third-order valence-corrected chi connectivity index (χ3v) is 3.51. The number of rotatable bonds is 2. The quantitative estimate of drug-likeness (QED) is 0.737. The van der Waals surface area contributed by atoms with Gasteiger partial charge in [0.2, 0.25) is 0 Å². The smallest absolute Gasteiger partial charge is 0.0181 e. The Balaban J connectivity index is 1.94. The van der Waals surface area contributed by atoms with Crippen molar-refractivity contribution in [2.45, 2.75) is 18.8 Å². The lowest BCUT2D eigenvalue weighted by atomic mass is 10.0. The molecule has 0 bridgehead atoms. The Bertz CT molecular complexity index is 495. The van der Waals surface area contributed by atoms with E-state index in [1.165, 1.54) is 29.5 Å². The summed E-state index contributed by atoms with van der Waals surface area (Å²) in [6, 6.07) is 18.3. The molecule has 0 aromatic heterocycles. The molecule has 79 valence electrons. The molecule has 2 aromatic rings. The molecule has 0 saturated heterocycles. The van der Waals surface area contributed by atoms with Crippen molar-refractivity contribution in [3.8, 4) is 11.1 Å². The van der Waals surface area contributed by atoms with E-state index in [2.05, 4.69) is 58.4 Å². The molecular weight excluding hydrogens is 260 g/mol. The van der Waals surface area contributed by atoms with Crippen LogP contribution in [0.3, 0.4) is 0 Å². The molecule has 1 aliphatic rings. The van der Waals surface area contributed by atoms with E-state index in [1.807, 2.05) is 6.07 Å². The highest BCUT2D eigenvalue weighted by Gasteiger charge is 2.23. The molecule has 0 N–H and O–H groups in total. The summed E-state index contributed by atoms with van der Waals surface area (Å²) in [5, 5.41) is 0. The van der Waals surface area contributed by atoms with Crippen LogP contribution in [0.2, 0.25) is 0 Å². The van der Waals surface area contributed by atoms with Crippen LogP contribution in [0.5, 0.6) is 0 Å². The van der Waals surface area contributed by atoms with Gasteiger partial charge in [0.1, 0.15) is 0 Å². The van der Waals surface area contributed by atoms with E-state index >= 15 is 0 Å². The Morgan fingerprint density at radius 2 is 1.94 bits per heavy atom. The molecule has 1 radical (unpaired) electrons. The lowest BCUT2D eigenvalue weighted by Gasteiger charge is -2.03. The van der Waals surface area contributed by atoms with E-state index in [9.17, 15) is 0 Å². The SMILES string of the molecule is Brc1cccc(-c2c[c]c(C3CC3)cc2)c1. The summed E-state index contributed by atoms with van der Waals surface area (Å²) in [6.45, 7) is 0. The lowest BCUT2D eigenvalue weighted by molar-refractivity contribution is 1.13. The Morgan fingerprint density at radius 3 is 2.56 bits per heavy atom. The molecule has 3 rings (SSSR count). The van der Waals surface area contributed by atoms with Crippen LogP contribution in [0.1, 0.15) is 24.3 Å². The molecule has 1 heteroatoms. The summed E-state index contributed by atoms with van der Waals surface area (Å²) in [4.78, 5) is 0. The molecular formula is C15H12Br. The molecule has 1 saturated carbocycles. The first-order valence-electron chi connectivity index (χ1n) is 5.60. The van der Waals surface area contributed by atoms with Crippen molar-refractivity contribution >= 4 is 15.9 Å². The van der Waals surface area contributed by atoms with Gasteiger partial charge < -0.3 is 0 Å². The summed E-state index contributed by atoms with van der Waals surface area (Å²) < 4.78 is 1.12. The Hall–Kier alpha value is -1.08. The van der Waals surface area contributed by atoms with Crippen molar-refractivity contribution in [2.75, 3.05) is 0 Å². The standard InChI is InChI=1S/C15H12Br/c16-15-3-1-2-14(10-15)13-8-6-12(7-9-13)11-4-5-11/h1-3,6,8-11H,4-5H2. The monoisotopic (exact) mass is 271 g/mol. The fraction of sp³-hybridized carbons (Fsp3) is 0.200. The zero-order valence-corrected chi connectivity index (χ0v) is 10.5. The highest BCUT2D eigenvalue weighted by atomic mass is 79.9. The predicted octanol–water partition coefficient (Wildman–Crippen LogP) is 4.79. The first kappa shape index (κ1) is 10.1. The van der Waals surface area contributed by atoms with Crippen LogP contribution in [0.15, 0.2) is 46.9 Å². The van der Waals surface area contributed by atoms with E-state index in [0.717, 1.165) is 10.4 Å². The maximum absolute atomic E-state index is 3.50. The van der Waals surface area contributed by atoms with Crippen LogP contribution >= 0.6 is 15.9 Å². The van der Waals surface area contributed by atoms with Gasteiger partial charge in [-0.25, -0.2) is 0 Å². The van der Waals surface area contributed by atoms with Crippen LogP contribution in [-0.4, -0.2) is 0 Å². The van der Waals surface area contributed by atoms with Crippen molar-refractivity contribution in [3.05, 3.63) is 58.6 Å². The maximum Gasteiger partial charge on any atom is 0.0181 e. The van der Waals surface area contributed by atoms with Gasteiger partial charge in [0.15, 0.2) is 0 Å². The van der Waals surface area contributed by atoms with Gasteiger partial charge in [-0.3, -0.25) is 0 Å². The molecule has 0 heterocycles. The first-order chi connectivity index (χ1) is 7.83. The fourth-order valence-corrected chi connectivity index (χ4v) is 2.33. The predicted molar refractivity (Wildman–Crippen MR) is 70.4 cm³/mol. The first-order valence-corrected chi connectivity index (χ1v) is 6.40. The van der Waals surface area contributed by atoms with E-state index in [1.54, 1.807) is 0 Å². The molecule has 2 aromatic carbocycles. The number of benzene rings is 2. The molecule has 0 unspecified atom stereocenters. The molecule has 0 amide bonds. The Kier molecular flexibility index (Phi) is 2.56. The van der Waals surface area contributed by atoms with Crippen LogP contribution in [0.25, 0.3) is 11.1 Å². The van der Waals surface area contributed by atoms with Crippen LogP contribution in [0, 0.1) is 6.07 Å². The average Bonchev–Trinajstić information content (AvgIpc) is 3.13. The Labute approximate surface area is 104 Å². The third-order valence-electron chi connectivity index (χ3n) is 3.01. The molecule has 0 atom stereocenters. The maximum atomic E-state index is 3.50. The topological polar surface area (TPSA) is 0 Å². The minimum atomic E-state index is 0.788. The Morgan fingerprint density at radius 1 is 1.06 bits per heavy atom.